The number of fused-ring (bicyclic) bond motifs is 2. The van der Waals surface area contributed by atoms with Crippen molar-refractivity contribution in [3.8, 4) is 0 Å². The number of aromatic nitrogens is 8. The molecule has 0 unspecified atom stereocenters. The van der Waals surface area contributed by atoms with Crippen LogP contribution in [-0.4, -0.2) is 64.5 Å². The van der Waals surface area contributed by atoms with Crippen LogP contribution < -0.4 is 90.6 Å². The fraction of sp³-hybridized carbons (Fsp3) is 0.0714. The molecule has 0 spiro atoms. The third kappa shape index (κ3) is 9.53. The summed E-state index contributed by atoms with van der Waals surface area (Å²) < 4.78 is 0. The van der Waals surface area contributed by atoms with Gasteiger partial charge in [0.25, 0.3) is 0 Å². The molecule has 4 heterocycles. The number of nitrogens with one attached hydrogen (secondary N) is 6. The number of amides is 2. The Morgan fingerprint density at radius 1 is 0.604 bits per heavy atom. The molecule has 0 atom stereocenters. The van der Waals surface area contributed by atoms with Crippen LogP contribution in [0.15, 0.2) is 60.7 Å². The number of carbonyl (C=O) groups excluding carboxylic acids is 4. The number of anilines is 6. The molecule has 0 saturated heterocycles. The van der Waals surface area contributed by atoms with Gasteiger partial charge in [0.1, 0.15) is 22.7 Å². The molecule has 0 fully saturated rings. The first-order valence-electron chi connectivity index (χ1n) is 13.2. The van der Waals surface area contributed by atoms with Crippen LogP contribution in [0.4, 0.5) is 34.4 Å². The zero-order valence-electron chi connectivity index (χ0n) is 25.9. The molecule has 0 bridgehead atoms. The van der Waals surface area contributed by atoms with E-state index >= 15 is 0 Å². The van der Waals surface area contributed by atoms with E-state index < -0.39 is 11.9 Å². The Kier molecular flexibility index (Phi) is 13.1. The topological polar surface area (TPSA) is 271 Å². The van der Waals surface area contributed by atoms with Crippen molar-refractivity contribution in [2.24, 2.45) is 0 Å². The second-order valence-electron chi connectivity index (χ2n) is 9.47. The first-order valence-corrected chi connectivity index (χ1v) is 13.2. The summed E-state index contributed by atoms with van der Waals surface area (Å²) in [5.74, 6) is -2.53. The number of aromatic amines is 2. The van der Waals surface area contributed by atoms with Gasteiger partial charge < -0.3 is 41.1 Å². The van der Waals surface area contributed by atoms with Crippen LogP contribution >= 0.6 is 0 Å². The van der Waals surface area contributed by atoms with Gasteiger partial charge in [-0.25, -0.2) is 9.97 Å². The Hall–Kier alpha value is -4.98. The van der Waals surface area contributed by atoms with Crippen LogP contribution in [0.5, 0.6) is 0 Å². The van der Waals surface area contributed by atoms with Crippen molar-refractivity contribution in [2.45, 2.75) is 13.8 Å². The predicted molar refractivity (Wildman–Crippen MR) is 160 cm³/mol. The summed E-state index contributed by atoms with van der Waals surface area (Å²) in [6.45, 7) is 2.67. The van der Waals surface area contributed by atoms with Gasteiger partial charge in [0, 0.05) is 47.7 Å². The monoisotopic (exact) mass is 668 g/mol. The molecule has 6 rings (SSSR count). The Labute approximate surface area is 314 Å². The summed E-state index contributed by atoms with van der Waals surface area (Å²) in [4.78, 5) is 53.1. The molecular formula is C28H22N12Na2O6. The summed E-state index contributed by atoms with van der Waals surface area (Å²) in [7, 11) is 0. The standard InChI is InChI=1S/2C14H12N6O3.2Na/c2*1-7(21)15-8-2-3-10(9(6-8)14(22)23)16-12-5-4-11-13(17-12)19-20-18-11;;/h2*2-6H,1H3,(H,15,21)(H,22,23)(H2,16,17,18,19,20);;/q;;2*+1/p-2. The maximum absolute atomic E-state index is 11.3. The third-order valence-electron chi connectivity index (χ3n) is 6.03. The second kappa shape index (κ2) is 16.7. The summed E-state index contributed by atoms with van der Waals surface area (Å²) in [6, 6.07) is 15.6. The average Bonchev–Trinajstić information content (AvgIpc) is 3.67. The van der Waals surface area contributed by atoms with Gasteiger partial charge in [-0.2, -0.15) is 0 Å². The second-order valence-corrected chi connectivity index (χ2v) is 9.47. The minimum atomic E-state index is -1.37. The Balaban J connectivity index is 0.000000250. The van der Waals surface area contributed by atoms with Crippen molar-refractivity contribution in [1.82, 2.24) is 40.8 Å². The number of pyridine rings is 2. The number of carboxylic acid groups (broad SMARTS) is 2. The fourth-order valence-corrected chi connectivity index (χ4v) is 4.10. The number of aromatic carboxylic acids is 2. The summed E-state index contributed by atoms with van der Waals surface area (Å²) >= 11 is 0. The molecule has 6 aromatic rings. The number of hydrogen-bond acceptors (Lipinski definition) is 14. The van der Waals surface area contributed by atoms with Crippen LogP contribution in [-0.2, 0) is 9.59 Å². The molecule has 232 valence electrons. The predicted octanol–water partition coefficient (Wildman–Crippen LogP) is -5.16. The van der Waals surface area contributed by atoms with Gasteiger partial charge in [-0.05, 0) is 60.7 Å². The zero-order chi connectivity index (χ0) is 32.8. The van der Waals surface area contributed by atoms with Gasteiger partial charge in [-0.15, -0.1) is 10.2 Å². The Morgan fingerprint density at radius 2 is 1.00 bits per heavy atom. The zero-order valence-corrected chi connectivity index (χ0v) is 29.9. The van der Waals surface area contributed by atoms with E-state index in [2.05, 4.69) is 62.1 Å². The van der Waals surface area contributed by atoms with Gasteiger partial charge in [0.2, 0.25) is 23.1 Å². The van der Waals surface area contributed by atoms with Crippen molar-refractivity contribution in [2.75, 3.05) is 21.3 Å². The van der Waals surface area contributed by atoms with Crippen LogP contribution in [0.3, 0.4) is 0 Å². The molecule has 0 aliphatic heterocycles. The molecule has 4 aromatic heterocycles. The number of carbonyl (C=O) groups is 4. The molecule has 18 nitrogen and oxygen atoms in total. The van der Waals surface area contributed by atoms with Crippen molar-refractivity contribution >= 4 is 80.5 Å². The van der Waals surface area contributed by atoms with E-state index in [-0.39, 0.29) is 93.4 Å². The van der Waals surface area contributed by atoms with Crippen LogP contribution in [0.2, 0.25) is 0 Å². The van der Waals surface area contributed by atoms with E-state index in [1.807, 2.05) is 0 Å². The van der Waals surface area contributed by atoms with E-state index in [9.17, 15) is 29.4 Å². The molecule has 0 saturated carbocycles. The van der Waals surface area contributed by atoms with Crippen LogP contribution in [0.1, 0.15) is 34.6 Å². The van der Waals surface area contributed by atoms with E-state index in [0.29, 0.717) is 45.3 Å². The molecular weight excluding hydrogens is 646 g/mol. The van der Waals surface area contributed by atoms with Gasteiger partial charge in [-0.3, -0.25) is 19.8 Å². The molecule has 2 aromatic carbocycles. The summed E-state index contributed by atoms with van der Waals surface area (Å²) in [5.41, 5.74) is 3.23. The van der Waals surface area contributed by atoms with Gasteiger partial charge in [0.05, 0.1) is 11.9 Å². The Bertz CT molecular complexity index is 1970. The fourth-order valence-electron chi connectivity index (χ4n) is 4.10. The van der Waals surface area contributed by atoms with E-state index in [4.69, 9.17) is 0 Å². The number of hydrogen-bond donors (Lipinski definition) is 6. The number of benzene rings is 2. The van der Waals surface area contributed by atoms with Crippen LogP contribution in [0, 0.1) is 0 Å². The molecule has 0 radical (unpaired) electrons. The molecule has 0 aliphatic rings. The molecule has 2 amide bonds. The smallest absolute Gasteiger partial charge is 0.545 e. The molecule has 0 aliphatic carbocycles. The van der Waals surface area contributed by atoms with Gasteiger partial charge in [0.15, 0.2) is 0 Å². The first-order chi connectivity index (χ1) is 22.0. The minimum absolute atomic E-state index is 0. The molecule has 6 N–H and O–H groups in total. The number of H-pyrrole nitrogens is 2. The molecule has 48 heavy (non-hydrogen) atoms. The molecule has 20 heteroatoms. The van der Waals surface area contributed by atoms with Crippen molar-refractivity contribution in [1.29, 1.82) is 0 Å². The average molecular weight is 669 g/mol. The van der Waals surface area contributed by atoms with Crippen molar-refractivity contribution in [3.05, 3.63) is 71.8 Å². The quantitative estimate of drug-likeness (QED) is 0.0828. The number of nitrogens with zero attached hydrogens (tertiary/aromatic N) is 6. The maximum Gasteiger partial charge on any atom is 1.00 e. The maximum atomic E-state index is 11.3. The number of carboxylic acids is 2. The first kappa shape index (κ1) is 37.5. The third-order valence-corrected chi connectivity index (χ3v) is 6.03. The SMILES string of the molecule is CC(=O)Nc1ccc(Nc2ccc3[nH]nnc3n2)c(C(=O)[O-])c1.CC(=O)Nc1ccc(Nc2ccc3[nH]nnc3n2)c(C(=O)[O-])c1.[Na+].[Na+]. The Morgan fingerprint density at radius 3 is 1.35 bits per heavy atom. The van der Waals surface area contributed by atoms with Crippen LogP contribution in [0.25, 0.3) is 22.3 Å². The van der Waals surface area contributed by atoms with Gasteiger partial charge >= 0.3 is 59.1 Å². The van der Waals surface area contributed by atoms with Crippen molar-refractivity contribution < 1.29 is 88.5 Å². The van der Waals surface area contributed by atoms with E-state index in [1.54, 1.807) is 36.4 Å². The normalized spacial score (nSPS) is 10.0. The van der Waals surface area contributed by atoms with Gasteiger partial charge in [-0.1, -0.05) is 10.4 Å². The minimum Gasteiger partial charge on any atom is -0.545 e. The summed E-state index contributed by atoms with van der Waals surface area (Å²) in [5, 5.41) is 53.6. The van der Waals surface area contributed by atoms with E-state index in [0.717, 1.165) is 0 Å². The van der Waals surface area contributed by atoms with E-state index in [1.165, 1.54) is 38.1 Å². The largest absolute Gasteiger partial charge is 1.00 e. The number of rotatable bonds is 8. The van der Waals surface area contributed by atoms with Crippen molar-refractivity contribution in [3.63, 3.8) is 0 Å². The summed E-state index contributed by atoms with van der Waals surface area (Å²) in [6.07, 6.45) is 0.